The van der Waals surface area contributed by atoms with E-state index >= 15 is 0 Å². The van der Waals surface area contributed by atoms with Crippen molar-refractivity contribution in [2.45, 2.75) is 25.8 Å². The van der Waals surface area contributed by atoms with Crippen LogP contribution in [0.4, 0.5) is 11.4 Å². The molecule has 2 amide bonds. The van der Waals surface area contributed by atoms with Gasteiger partial charge in [0.25, 0.3) is 5.91 Å². The van der Waals surface area contributed by atoms with Crippen LogP contribution in [0, 0.1) is 0 Å². The molecule has 0 saturated carbocycles. The van der Waals surface area contributed by atoms with Crippen LogP contribution < -0.4 is 16.4 Å². The fourth-order valence-corrected chi connectivity index (χ4v) is 2.48. The highest BCUT2D eigenvalue weighted by Crippen LogP contribution is 2.18. The number of halogens is 1. The van der Waals surface area contributed by atoms with Crippen LogP contribution in [0.25, 0.3) is 0 Å². The Kier molecular flexibility index (Phi) is 7.74. The lowest BCUT2D eigenvalue weighted by molar-refractivity contribution is -0.116. The molecule has 1 atom stereocenters. The first-order valence-corrected chi connectivity index (χ1v) is 7.93. The van der Waals surface area contributed by atoms with Crippen LogP contribution in [-0.2, 0) is 4.79 Å². The third kappa shape index (κ3) is 6.40. The van der Waals surface area contributed by atoms with Crippen LogP contribution in [0.15, 0.2) is 41.8 Å². The average molecular weight is 354 g/mol. The quantitative estimate of drug-likeness (QED) is 0.743. The Balaban J connectivity index is 0.00000264. The van der Waals surface area contributed by atoms with Crippen molar-refractivity contribution < 1.29 is 9.59 Å². The standard InChI is InChI=1S/C16H19N3O2S.ClH/c1-11(17)7-8-15(20)18-12-4-2-5-13(10-12)19-16(21)14-6-3-9-22-14;/h2-6,9-11H,7-8,17H2,1H3,(H,18,20)(H,19,21);1H. The van der Waals surface area contributed by atoms with E-state index in [0.29, 0.717) is 29.1 Å². The summed E-state index contributed by atoms with van der Waals surface area (Å²) in [4.78, 5) is 24.4. The van der Waals surface area contributed by atoms with Crippen molar-refractivity contribution in [2.75, 3.05) is 10.6 Å². The SMILES string of the molecule is CC(N)CCC(=O)Nc1cccc(NC(=O)c2cccs2)c1.Cl. The number of rotatable bonds is 6. The van der Waals surface area contributed by atoms with E-state index in [1.165, 1.54) is 11.3 Å². The number of benzene rings is 1. The Morgan fingerprint density at radius 2 is 1.87 bits per heavy atom. The summed E-state index contributed by atoms with van der Waals surface area (Å²) in [6.45, 7) is 1.87. The van der Waals surface area contributed by atoms with E-state index in [2.05, 4.69) is 10.6 Å². The van der Waals surface area contributed by atoms with E-state index in [4.69, 9.17) is 5.73 Å². The maximum Gasteiger partial charge on any atom is 0.265 e. The van der Waals surface area contributed by atoms with Gasteiger partial charge in [0, 0.05) is 23.8 Å². The molecule has 2 aromatic rings. The number of nitrogens with one attached hydrogen (secondary N) is 2. The van der Waals surface area contributed by atoms with Crippen LogP contribution in [-0.4, -0.2) is 17.9 Å². The molecule has 1 aromatic carbocycles. The molecular formula is C16H20ClN3O2S. The first kappa shape index (κ1) is 19.2. The van der Waals surface area contributed by atoms with Crippen LogP contribution >= 0.6 is 23.7 Å². The second-order valence-corrected chi connectivity index (χ2v) is 6.02. The summed E-state index contributed by atoms with van der Waals surface area (Å²) in [5.74, 6) is -0.241. The van der Waals surface area contributed by atoms with Gasteiger partial charge in [0.2, 0.25) is 5.91 Å². The minimum absolute atomic E-state index is 0. The first-order valence-electron chi connectivity index (χ1n) is 7.05. The summed E-state index contributed by atoms with van der Waals surface area (Å²) in [5, 5.41) is 7.46. The highest BCUT2D eigenvalue weighted by atomic mass is 35.5. The molecule has 4 N–H and O–H groups in total. The molecule has 0 fully saturated rings. The van der Waals surface area contributed by atoms with Gasteiger partial charge in [0.1, 0.15) is 0 Å². The molecule has 0 spiro atoms. The number of carbonyl (C=O) groups excluding carboxylic acids is 2. The van der Waals surface area contributed by atoms with Gasteiger partial charge in [-0.2, -0.15) is 0 Å². The molecule has 0 bridgehead atoms. The van der Waals surface area contributed by atoms with Gasteiger partial charge < -0.3 is 16.4 Å². The van der Waals surface area contributed by atoms with Gasteiger partial charge >= 0.3 is 0 Å². The molecule has 1 unspecified atom stereocenters. The molecule has 5 nitrogen and oxygen atoms in total. The fraction of sp³-hybridized carbons (Fsp3) is 0.250. The lowest BCUT2D eigenvalue weighted by atomic mass is 10.2. The smallest absolute Gasteiger partial charge is 0.265 e. The molecule has 124 valence electrons. The highest BCUT2D eigenvalue weighted by molar-refractivity contribution is 7.12. The van der Waals surface area contributed by atoms with Gasteiger partial charge in [0.05, 0.1) is 4.88 Å². The predicted octanol–water partition coefficient (Wildman–Crippen LogP) is 3.49. The first-order chi connectivity index (χ1) is 10.5. The van der Waals surface area contributed by atoms with E-state index < -0.39 is 0 Å². The molecule has 0 aliphatic rings. The summed E-state index contributed by atoms with van der Waals surface area (Å²) >= 11 is 1.38. The van der Waals surface area contributed by atoms with Crippen molar-refractivity contribution >= 4 is 46.9 Å². The summed E-state index contributed by atoms with van der Waals surface area (Å²) < 4.78 is 0. The Morgan fingerprint density at radius 1 is 1.17 bits per heavy atom. The van der Waals surface area contributed by atoms with E-state index in [0.717, 1.165) is 0 Å². The number of hydrogen-bond acceptors (Lipinski definition) is 4. The number of carbonyl (C=O) groups is 2. The van der Waals surface area contributed by atoms with Crippen molar-refractivity contribution in [3.8, 4) is 0 Å². The minimum Gasteiger partial charge on any atom is -0.328 e. The molecule has 2 rings (SSSR count). The zero-order valence-electron chi connectivity index (χ0n) is 12.7. The Hall–Kier alpha value is -1.89. The highest BCUT2D eigenvalue weighted by Gasteiger charge is 2.08. The van der Waals surface area contributed by atoms with Crippen LogP contribution in [0.5, 0.6) is 0 Å². The minimum atomic E-state index is -0.157. The zero-order valence-corrected chi connectivity index (χ0v) is 14.4. The topological polar surface area (TPSA) is 84.2 Å². The molecule has 1 heterocycles. The van der Waals surface area contributed by atoms with Crippen molar-refractivity contribution in [1.82, 2.24) is 0 Å². The van der Waals surface area contributed by atoms with Gasteiger partial charge in [-0.05, 0) is 43.0 Å². The van der Waals surface area contributed by atoms with Gasteiger partial charge in [-0.25, -0.2) is 0 Å². The van der Waals surface area contributed by atoms with Gasteiger partial charge in [-0.15, -0.1) is 23.7 Å². The van der Waals surface area contributed by atoms with E-state index in [9.17, 15) is 9.59 Å². The third-order valence-electron chi connectivity index (χ3n) is 2.98. The Labute approximate surface area is 145 Å². The Bertz CT molecular complexity index is 645. The van der Waals surface area contributed by atoms with Crippen molar-refractivity contribution in [1.29, 1.82) is 0 Å². The molecule has 23 heavy (non-hydrogen) atoms. The fourth-order valence-electron chi connectivity index (χ4n) is 1.86. The summed E-state index contributed by atoms with van der Waals surface area (Å²) in [6.07, 6.45) is 1.02. The van der Waals surface area contributed by atoms with Crippen LogP contribution in [0.2, 0.25) is 0 Å². The number of anilines is 2. The molecule has 0 radical (unpaired) electrons. The van der Waals surface area contributed by atoms with Gasteiger partial charge in [-0.1, -0.05) is 12.1 Å². The van der Waals surface area contributed by atoms with E-state index in [1.54, 1.807) is 30.3 Å². The second-order valence-electron chi connectivity index (χ2n) is 5.08. The molecular weight excluding hydrogens is 334 g/mol. The monoisotopic (exact) mass is 353 g/mol. The Morgan fingerprint density at radius 3 is 2.48 bits per heavy atom. The normalized spacial score (nSPS) is 11.2. The number of nitrogens with two attached hydrogens (primary N) is 1. The van der Waals surface area contributed by atoms with Gasteiger partial charge in [-0.3, -0.25) is 9.59 Å². The third-order valence-corrected chi connectivity index (χ3v) is 3.84. The van der Waals surface area contributed by atoms with Crippen molar-refractivity contribution in [3.63, 3.8) is 0 Å². The number of thiophene rings is 1. The summed E-state index contributed by atoms with van der Waals surface area (Å²) in [5.41, 5.74) is 6.93. The van der Waals surface area contributed by atoms with Crippen LogP contribution in [0.3, 0.4) is 0 Å². The number of amides is 2. The van der Waals surface area contributed by atoms with E-state index in [-0.39, 0.29) is 30.3 Å². The lowest BCUT2D eigenvalue weighted by Crippen LogP contribution is -2.19. The zero-order chi connectivity index (χ0) is 15.9. The van der Waals surface area contributed by atoms with Crippen LogP contribution in [0.1, 0.15) is 29.4 Å². The molecule has 0 aliphatic heterocycles. The number of hydrogen-bond donors (Lipinski definition) is 3. The van der Waals surface area contributed by atoms with Gasteiger partial charge in [0.15, 0.2) is 0 Å². The summed E-state index contributed by atoms with van der Waals surface area (Å²) in [6, 6.07) is 10.7. The van der Waals surface area contributed by atoms with E-state index in [1.807, 2.05) is 18.4 Å². The maximum absolute atomic E-state index is 12.0. The lowest BCUT2D eigenvalue weighted by Gasteiger charge is -2.09. The maximum atomic E-state index is 12.0. The van der Waals surface area contributed by atoms with Crippen molar-refractivity contribution in [2.24, 2.45) is 5.73 Å². The molecule has 0 aliphatic carbocycles. The molecule has 0 saturated heterocycles. The molecule has 1 aromatic heterocycles. The van der Waals surface area contributed by atoms with Crippen molar-refractivity contribution in [3.05, 3.63) is 46.7 Å². The second kappa shape index (κ2) is 9.29. The molecule has 7 heteroatoms. The predicted molar refractivity (Wildman–Crippen MR) is 97.5 cm³/mol. The average Bonchev–Trinajstić information content (AvgIpc) is 3.00. The summed E-state index contributed by atoms with van der Waals surface area (Å²) in [7, 11) is 0. The largest absolute Gasteiger partial charge is 0.328 e.